The van der Waals surface area contributed by atoms with E-state index in [0.29, 0.717) is 64.9 Å². The van der Waals surface area contributed by atoms with Gasteiger partial charge < -0.3 is 29.2 Å². The van der Waals surface area contributed by atoms with Crippen molar-refractivity contribution in [1.29, 1.82) is 0 Å². The Kier molecular flexibility index (Phi) is 20.2. The zero-order valence-corrected chi connectivity index (χ0v) is 43.6. The minimum absolute atomic E-state index is 0.0140. The molecule has 2 aliphatic heterocycles. The lowest BCUT2D eigenvalue weighted by Crippen LogP contribution is -2.28. The number of aryl methyl sites for hydroxylation is 1. The SMILES string of the molecule is CCCCC[N+]1=C(/C=C/C2=C(Oc3ccc(S(=O)(=O)O)cc3)C(=C/C=C3/N(CCCCCC(=O)NCCOCCOCCOCCN=[N+]=[N-])c4ccc(C)cc4C3(C)C)/CCC2)C(C)(C)c2ccccc21. The lowest BCUT2D eigenvalue weighted by molar-refractivity contribution is -0.438. The molecule has 71 heavy (non-hydrogen) atoms. The number of azide groups is 1. The number of hydrogen-bond acceptors (Lipinski definition) is 9. The number of para-hydroxylation sites is 1. The third-order valence-corrected chi connectivity index (χ3v) is 14.4. The summed E-state index contributed by atoms with van der Waals surface area (Å²) >= 11 is 0. The fourth-order valence-electron chi connectivity index (χ4n) is 9.72. The number of anilines is 1. The molecule has 0 saturated heterocycles. The molecule has 6 rings (SSSR count). The van der Waals surface area contributed by atoms with E-state index in [0.717, 1.165) is 87.8 Å². The zero-order valence-electron chi connectivity index (χ0n) is 42.8. The predicted octanol–water partition coefficient (Wildman–Crippen LogP) is 11.5. The van der Waals surface area contributed by atoms with Gasteiger partial charge in [-0.2, -0.15) is 13.0 Å². The van der Waals surface area contributed by atoms with E-state index in [-0.39, 0.29) is 21.6 Å². The summed E-state index contributed by atoms with van der Waals surface area (Å²) in [6.45, 7) is 18.5. The minimum Gasteiger partial charge on any atom is -0.457 e. The Hall–Kier alpha value is -5.54. The lowest BCUT2D eigenvalue weighted by atomic mass is 9.81. The highest BCUT2D eigenvalue weighted by atomic mass is 32.2. The first-order valence-electron chi connectivity index (χ1n) is 25.4. The Balaban J connectivity index is 1.17. The van der Waals surface area contributed by atoms with Crippen LogP contribution in [0.1, 0.15) is 116 Å². The second-order valence-electron chi connectivity index (χ2n) is 19.5. The fourth-order valence-corrected chi connectivity index (χ4v) is 10.2. The number of fused-ring (bicyclic) bond motifs is 2. The second-order valence-corrected chi connectivity index (χ2v) is 20.9. The number of ether oxygens (including phenoxy) is 4. The Bertz CT molecular complexity index is 2630. The molecule has 15 heteroatoms. The standard InChI is InChI=1S/C56H74N6O8S/c1-7-8-13-33-61-49-19-12-11-18-47(49)55(3,4)51(61)29-22-43-16-15-17-44(54(43)70-45-24-26-46(27-25-45)71(64,65)66)23-30-52-56(5,6)48-41-42(2)21-28-50(48)62(52)34-14-9-10-20-53(63)58-31-35-67-37-39-69-40-38-68-36-32-59-60-57/h11-12,18-19,21-30,41H,7-10,13-17,20,31-40H2,1-6H3,(H-,58,63,64,65,66)/p+1. The van der Waals surface area contributed by atoms with Crippen LogP contribution < -0.4 is 15.0 Å². The van der Waals surface area contributed by atoms with Gasteiger partial charge in [0.1, 0.15) is 18.1 Å². The number of allylic oxidation sites excluding steroid dienone is 7. The van der Waals surface area contributed by atoms with E-state index in [1.54, 1.807) is 12.1 Å². The van der Waals surface area contributed by atoms with Crippen LogP contribution in [-0.4, -0.2) is 95.0 Å². The van der Waals surface area contributed by atoms with Crippen LogP contribution in [0.4, 0.5) is 11.4 Å². The Labute approximate surface area is 421 Å². The molecule has 2 heterocycles. The summed E-state index contributed by atoms with van der Waals surface area (Å²) < 4.78 is 59.3. The molecule has 3 aromatic carbocycles. The van der Waals surface area contributed by atoms with Crippen LogP contribution >= 0.6 is 0 Å². The largest absolute Gasteiger partial charge is 0.457 e. The van der Waals surface area contributed by atoms with Gasteiger partial charge in [0.2, 0.25) is 11.6 Å². The van der Waals surface area contributed by atoms with Crippen LogP contribution in [0, 0.1) is 6.92 Å². The van der Waals surface area contributed by atoms with E-state index in [4.69, 9.17) is 24.5 Å². The van der Waals surface area contributed by atoms with Crippen molar-refractivity contribution in [1.82, 2.24) is 5.32 Å². The number of carbonyl (C=O) groups excluding carboxylic acids is 1. The average Bonchev–Trinajstić information content (AvgIpc) is 3.69. The molecule has 382 valence electrons. The van der Waals surface area contributed by atoms with Gasteiger partial charge in [-0.3, -0.25) is 9.35 Å². The summed E-state index contributed by atoms with van der Waals surface area (Å²) in [6, 6.07) is 21.4. The molecule has 0 spiro atoms. The van der Waals surface area contributed by atoms with Crippen molar-refractivity contribution in [3.8, 4) is 5.75 Å². The molecule has 1 aliphatic carbocycles. The van der Waals surface area contributed by atoms with Crippen LogP contribution in [0.25, 0.3) is 10.4 Å². The first-order valence-corrected chi connectivity index (χ1v) is 26.8. The van der Waals surface area contributed by atoms with Gasteiger partial charge >= 0.3 is 0 Å². The van der Waals surface area contributed by atoms with E-state index >= 15 is 0 Å². The van der Waals surface area contributed by atoms with Gasteiger partial charge in [0, 0.05) is 71.9 Å². The number of hydrogen-bond donors (Lipinski definition) is 2. The highest BCUT2D eigenvalue weighted by Crippen LogP contribution is 2.49. The topological polar surface area (TPSA) is 175 Å². The summed E-state index contributed by atoms with van der Waals surface area (Å²) in [6.07, 6.45) is 18.0. The Morgan fingerprint density at radius 2 is 1.59 bits per heavy atom. The predicted molar refractivity (Wildman–Crippen MR) is 281 cm³/mol. The third-order valence-electron chi connectivity index (χ3n) is 13.5. The Morgan fingerprint density at radius 1 is 0.859 bits per heavy atom. The van der Waals surface area contributed by atoms with Crippen molar-refractivity contribution in [3.05, 3.63) is 141 Å². The molecule has 0 unspecified atom stereocenters. The molecule has 0 aromatic heterocycles. The molecule has 3 aromatic rings. The molecular formula is C56H75N6O8S+. The number of nitrogens with one attached hydrogen (secondary N) is 1. The summed E-state index contributed by atoms with van der Waals surface area (Å²) in [5.74, 6) is 1.25. The van der Waals surface area contributed by atoms with Crippen molar-refractivity contribution in [2.45, 2.75) is 121 Å². The summed E-state index contributed by atoms with van der Waals surface area (Å²) in [5, 5.41) is 6.38. The fraction of sp³-hybridized carbons (Fsp3) is 0.500. The first-order chi connectivity index (χ1) is 34.2. The lowest BCUT2D eigenvalue weighted by Gasteiger charge is -2.27. The molecule has 3 aliphatic rings. The summed E-state index contributed by atoms with van der Waals surface area (Å²) in [5.41, 5.74) is 18.6. The molecule has 0 atom stereocenters. The number of benzene rings is 3. The minimum atomic E-state index is -4.37. The number of nitrogens with zero attached hydrogens (tertiary/aromatic N) is 5. The molecule has 0 radical (unpaired) electrons. The van der Waals surface area contributed by atoms with E-state index in [2.05, 4.69) is 133 Å². The summed E-state index contributed by atoms with van der Waals surface area (Å²) in [4.78, 5) is 17.6. The van der Waals surface area contributed by atoms with Crippen LogP contribution in [0.15, 0.2) is 124 Å². The van der Waals surface area contributed by atoms with Gasteiger partial charge in [-0.25, -0.2) is 0 Å². The maximum absolute atomic E-state index is 12.7. The van der Waals surface area contributed by atoms with E-state index in [9.17, 15) is 17.8 Å². The van der Waals surface area contributed by atoms with Crippen LogP contribution in [-0.2, 0) is 40.0 Å². The maximum Gasteiger partial charge on any atom is 0.294 e. The molecular weight excluding hydrogens is 917 g/mol. The molecule has 14 nitrogen and oxygen atoms in total. The molecule has 2 N–H and O–H groups in total. The van der Waals surface area contributed by atoms with Gasteiger partial charge in [-0.05, 0) is 124 Å². The monoisotopic (exact) mass is 992 g/mol. The van der Waals surface area contributed by atoms with Gasteiger partial charge in [-0.1, -0.05) is 80.7 Å². The van der Waals surface area contributed by atoms with Crippen molar-refractivity contribution in [2.75, 3.05) is 70.7 Å². The number of rotatable bonds is 28. The average molecular weight is 992 g/mol. The smallest absolute Gasteiger partial charge is 0.294 e. The molecule has 0 bridgehead atoms. The quantitative estimate of drug-likeness (QED) is 0.0179. The zero-order chi connectivity index (χ0) is 50.9. The summed E-state index contributed by atoms with van der Waals surface area (Å²) in [7, 11) is -4.37. The molecule has 0 fully saturated rings. The second kappa shape index (κ2) is 26.2. The van der Waals surface area contributed by atoms with Crippen LogP contribution in [0.2, 0.25) is 0 Å². The van der Waals surface area contributed by atoms with Crippen molar-refractivity contribution >= 4 is 33.1 Å². The van der Waals surface area contributed by atoms with Crippen LogP contribution in [0.3, 0.4) is 0 Å². The van der Waals surface area contributed by atoms with E-state index < -0.39 is 10.1 Å². The van der Waals surface area contributed by atoms with Crippen LogP contribution in [0.5, 0.6) is 5.75 Å². The third kappa shape index (κ3) is 14.8. The molecule has 0 saturated carbocycles. The number of unbranched alkanes of at least 4 members (excludes halogenated alkanes) is 4. The normalized spacial score (nSPS) is 17.3. The molecule has 1 amide bonds. The van der Waals surface area contributed by atoms with E-state index in [1.807, 2.05) is 0 Å². The van der Waals surface area contributed by atoms with Crippen molar-refractivity contribution < 1.29 is 41.3 Å². The number of carbonyl (C=O) groups is 1. The van der Waals surface area contributed by atoms with Crippen molar-refractivity contribution in [2.24, 2.45) is 5.11 Å². The highest BCUT2D eigenvalue weighted by Gasteiger charge is 2.44. The Morgan fingerprint density at radius 3 is 2.32 bits per heavy atom. The first kappa shape index (κ1) is 54.8. The number of amides is 1. The van der Waals surface area contributed by atoms with Gasteiger partial charge in [0.15, 0.2) is 5.71 Å². The van der Waals surface area contributed by atoms with E-state index in [1.165, 1.54) is 51.6 Å². The van der Waals surface area contributed by atoms with Gasteiger partial charge in [0.25, 0.3) is 10.1 Å². The maximum atomic E-state index is 12.7. The van der Waals surface area contributed by atoms with Gasteiger partial charge in [0.05, 0.1) is 50.0 Å². The van der Waals surface area contributed by atoms with Crippen molar-refractivity contribution in [3.63, 3.8) is 0 Å². The van der Waals surface area contributed by atoms with Gasteiger partial charge in [-0.15, -0.1) is 0 Å². The highest BCUT2D eigenvalue weighted by molar-refractivity contribution is 7.85.